The standard InChI is InChI=1S/C23H34F2O/c1-3-4-16-5-7-17(8-6-16)18-9-11-19(12-10-18)21-14-13-20(15(2)26)22(24)23(21)25/h13-19,26H,3-12H2,1-2H3. The maximum absolute atomic E-state index is 14.5. The average molecular weight is 365 g/mol. The molecule has 26 heavy (non-hydrogen) atoms. The third-order valence-electron chi connectivity index (χ3n) is 7.06. The van der Waals surface area contributed by atoms with Crippen molar-refractivity contribution in [1.29, 1.82) is 0 Å². The van der Waals surface area contributed by atoms with Crippen LogP contribution in [0.25, 0.3) is 0 Å². The Kier molecular flexibility index (Phi) is 6.71. The highest BCUT2D eigenvalue weighted by Crippen LogP contribution is 2.45. The molecule has 0 radical (unpaired) electrons. The molecule has 1 unspecified atom stereocenters. The van der Waals surface area contributed by atoms with Gasteiger partial charge >= 0.3 is 0 Å². The maximum Gasteiger partial charge on any atom is 0.164 e. The number of hydrogen-bond acceptors (Lipinski definition) is 1. The van der Waals surface area contributed by atoms with Gasteiger partial charge in [-0.25, -0.2) is 8.78 Å². The lowest BCUT2D eigenvalue weighted by molar-refractivity contribution is 0.155. The van der Waals surface area contributed by atoms with E-state index in [0.717, 1.165) is 43.4 Å². The van der Waals surface area contributed by atoms with Gasteiger partial charge in [-0.05, 0) is 74.7 Å². The van der Waals surface area contributed by atoms with Gasteiger partial charge in [0.15, 0.2) is 11.6 Å². The van der Waals surface area contributed by atoms with Crippen molar-refractivity contribution in [2.75, 3.05) is 0 Å². The second-order valence-electron chi connectivity index (χ2n) is 8.73. The number of benzene rings is 1. The lowest BCUT2D eigenvalue weighted by Gasteiger charge is -2.38. The molecule has 0 bridgehead atoms. The van der Waals surface area contributed by atoms with Crippen molar-refractivity contribution in [3.05, 3.63) is 34.9 Å². The molecule has 3 heteroatoms. The van der Waals surface area contributed by atoms with Gasteiger partial charge in [-0.3, -0.25) is 0 Å². The highest BCUT2D eigenvalue weighted by atomic mass is 19.2. The molecular weight excluding hydrogens is 330 g/mol. The minimum absolute atomic E-state index is 0.0591. The van der Waals surface area contributed by atoms with Gasteiger partial charge in [0.2, 0.25) is 0 Å². The molecule has 1 aromatic rings. The summed E-state index contributed by atoms with van der Waals surface area (Å²) in [6, 6.07) is 3.25. The molecule has 0 aromatic heterocycles. The molecule has 1 nitrogen and oxygen atoms in total. The molecule has 146 valence electrons. The van der Waals surface area contributed by atoms with Gasteiger partial charge in [0.05, 0.1) is 6.10 Å². The van der Waals surface area contributed by atoms with E-state index in [4.69, 9.17) is 0 Å². The van der Waals surface area contributed by atoms with Crippen LogP contribution >= 0.6 is 0 Å². The molecule has 1 atom stereocenters. The summed E-state index contributed by atoms with van der Waals surface area (Å²) in [6.45, 7) is 3.75. The SMILES string of the molecule is CCCC1CCC(C2CCC(c3ccc(C(C)O)c(F)c3F)CC2)CC1. The minimum atomic E-state index is -0.975. The van der Waals surface area contributed by atoms with E-state index in [-0.39, 0.29) is 11.5 Å². The van der Waals surface area contributed by atoms with Gasteiger partial charge < -0.3 is 5.11 Å². The molecule has 2 aliphatic carbocycles. The van der Waals surface area contributed by atoms with Crippen LogP contribution in [0, 0.1) is 29.4 Å². The summed E-state index contributed by atoms with van der Waals surface area (Å²) in [5.74, 6) is 1.08. The van der Waals surface area contributed by atoms with E-state index in [2.05, 4.69) is 6.92 Å². The molecule has 2 saturated carbocycles. The monoisotopic (exact) mass is 364 g/mol. The van der Waals surface area contributed by atoms with Gasteiger partial charge in [0.25, 0.3) is 0 Å². The largest absolute Gasteiger partial charge is 0.389 e. The minimum Gasteiger partial charge on any atom is -0.389 e. The van der Waals surface area contributed by atoms with Gasteiger partial charge in [0, 0.05) is 5.56 Å². The van der Waals surface area contributed by atoms with Crippen molar-refractivity contribution < 1.29 is 13.9 Å². The van der Waals surface area contributed by atoms with Crippen molar-refractivity contribution in [3.8, 4) is 0 Å². The van der Waals surface area contributed by atoms with Crippen LogP contribution in [0.5, 0.6) is 0 Å². The Morgan fingerprint density at radius 1 is 0.923 bits per heavy atom. The van der Waals surface area contributed by atoms with Crippen molar-refractivity contribution in [2.24, 2.45) is 17.8 Å². The Balaban J connectivity index is 1.57. The third kappa shape index (κ3) is 4.30. The first-order valence-corrected chi connectivity index (χ1v) is 10.7. The summed E-state index contributed by atoms with van der Waals surface area (Å²) in [5, 5.41) is 9.55. The van der Waals surface area contributed by atoms with Gasteiger partial charge in [-0.15, -0.1) is 0 Å². The Labute approximate surface area is 157 Å². The first-order valence-electron chi connectivity index (χ1n) is 10.7. The van der Waals surface area contributed by atoms with Crippen LogP contribution in [0.1, 0.15) is 101 Å². The molecule has 2 fully saturated rings. The second kappa shape index (κ2) is 8.82. The molecule has 0 heterocycles. The van der Waals surface area contributed by atoms with Gasteiger partial charge in [-0.2, -0.15) is 0 Å². The fraction of sp³-hybridized carbons (Fsp3) is 0.739. The average Bonchev–Trinajstić information content (AvgIpc) is 2.65. The molecule has 3 rings (SSSR count). The predicted molar refractivity (Wildman–Crippen MR) is 102 cm³/mol. The fourth-order valence-electron chi connectivity index (χ4n) is 5.48. The van der Waals surface area contributed by atoms with Crippen LogP contribution in [0.15, 0.2) is 12.1 Å². The van der Waals surface area contributed by atoms with E-state index >= 15 is 0 Å². The molecule has 0 amide bonds. The van der Waals surface area contributed by atoms with E-state index in [9.17, 15) is 13.9 Å². The van der Waals surface area contributed by atoms with Crippen molar-refractivity contribution >= 4 is 0 Å². The van der Waals surface area contributed by atoms with Crippen molar-refractivity contribution in [1.82, 2.24) is 0 Å². The van der Waals surface area contributed by atoms with E-state index in [0.29, 0.717) is 5.56 Å². The number of aliphatic hydroxyl groups is 1. The predicted octanol–water partition coefficient (Wildman–Crippen LogP) is 6.90. The molecule has 1 aromatic carbocycles. The molecule has 0 aliphatic heterocycles. The van der Waals surface area contributed by atoms with Crippen LogP contribution < -0.4 is 0 Å². The molecular formula is C23H34F2O. The zero-order valence-electron chi connectivity index (χ0n) is 16.3. The van der Waals surface area contributed by atoms with Crippen LogP contribution in [0.2, 0.25) is 0 Å². The Hall–Kier alpha value is -0.960. The number of rotatable bonds is 5. The smallest absolute Gasteiger partial charge is 0.164 e. The topological polar surface area (TPSA) is 20.2 Å². The van der Waals surface area contributed by atoms with Crippen LogP contribution in [-0.2, 0) is 0 Å². The van der Waals surface area contributed by atoms with Gasteiger partial charge in [0.1, 0.15) is 0 Å². The van der Waals surface area contributed by atoms with Crippen molar-refractivity contribution in [2.45, 2.75) is 90.1 Å². The lowest BCUT2D eigenvalue weighted by Crippen LogP contribution is -2.25. The number of aliphatic hydroxyl groups excluding tert-OH is 1. The normalized spacial score (nSPS) is 31.0. The molecule has 2 aliphatic rings. The zero-order chi connectivity index (χ0) is 18.7. The summed E-state index contributed by atoms with van der Waals surface area (Å²) >= 11 is 0. The van der Waals surface area contributed by atoms with Crippen molar-refractivity contribution in [3.63, 3.8) is 0 Å². The van der Waals surface area contributed by atoms with Crippen LogP contribution in [-0.4, -0.2) is 5.11 Å². The Bertz CT molecular complexity index is 582. The van der Waals surface area contributed by atoms with Gasteiger partial charge in [-0.1, -0.05) is 44.7 Å². The maximum atomic E-state index is 14.5. The van der Waals surface area contributed by atoms with Crippen LogP contribution in [0.3, 0.4) is 0 Å². The Morgan fingerprint density at radius 3 is 2.04 bits per heavy atom. The quantitative estimate of drug-likeness (QED) is 0.602. The number of halogens is 2. The third-order valence-corrected chi connectivity index (χ3v) is 7.06. The first kappa shape index (κ1) is 19.8. The highest BCUT2D eigenvalue weighted by Gasteiger charge is 2.32. The lowest BCUT2D eigenvalue weighted by atomic mass is 9.68. The fourth-order valence-corrected chi connectivity index (χ4v) is 5.48. The van der Waals surface area contributed by atoms with E-state index in [1.165, 1.54) is 45.4 Å². The van der Waals surface area contributed by atoms with Crippen LogP contribution in [0.4, 0.5) is 8.78 Å². The zero-order valence-corrected chi connectivity index (χ0v) is 16.3. The molecule has 0 spiro atoms. The highest BCUT2D eigenvalue weighted by molar-refractivity contribution is 5.30. The van der Waals surface area contributed by atoms with E-state index < -0.39 is 17.7 Å². The summed E-state index contributed by atoms with van der Waals surface area (Å²) in [6.07, 6.45) is 11.4. The molecule has 1 N–H and O–H groups in total. The first-order chi connectivity index (χ1) is 12.5. The summed E-state index contributed by atoms with van der Waals surface area (Å²) in [4.78, 5) is 0. The summed E-state index contributed by atoms with van der Waals surface area (Å²) in [7, 11) is 0. The summed E-state index contributed by atoms with van der Waals surface area (Å²) < 4.78 is 28.7. The molecule has 0 saturated heterocycles. The second-order valence-corrected chi connectivity index (χ2v) is 8.73. The summed E-state index contributed by atoms with van der Waals surface area (Å²) in [5.41, 5.74) is 0.570. The Morgan fingerprint density at radius 2 is 1.50 bits per heavy atom. The van der Waals surface area contributed by atoms with E-state index in [1.54, 1.807) is 12.1 Å². The number of hydrogen-bond donors (Lipinski definition) is 1. The van der Waals surface area contributed by atoms with E-state index in [1.807, 2.05) is 0 Å².